The fourth-order valence-corrected chi connectivity index (χ4v) is 5.12. The van der Waals surface area contributed by atoms with Gasteiger partial charge < -0.3 is 14.2 Å². The Morgan fingerprint density at radius 1 is 0.658 bits per heavy atom. The molecule has 0 heterocycles. The molecule has 0 radical (unpaired) electrons. The summed E-state index contributed by atoms with van der Waals surface area (Å²) in [5.41, 5.74) is 0.483. The van der Waals surface area contributed by atoms with Crippen molar-refractivity contribution in [3.8, 4) is 17.2 Å². The van der Waals surface area contributed by atoms with Gasteiger partial charge in [-0.1, -0.05) is 108 Å². The molecule has 4 nitrogen and oxygen atoms in total. The van der Waals surface area contributed by atoms with Crippen LogP contribution in [0.1, 0.15) is 101 Å². The summed E-state index contributed by atoms with van der Waals surface area (Å²) in [5, 5.41) is 2.03. The van der Waals surface area contributed by atoms with E-state index in [0.29, 0.717) is 36.0 Å². The van der Waals surface area contributed by atoms with E-state index in [1.807, 2.05) is 36.4 Å². The molecule has 3 rings (SSSR count). The molecular formula is C33H43BrO4. The number of rotatable bonds is 18. The Kier molecular flexibility index (Phi) is 13.5. The first kappa shape index (κ1) is 30.0. The molecule has 0 aromatic heterocycles. The van der Waals surface area contributed by atoms with Crippen LogP contribution in [0.3, 0.4) is 0 Å². The summed E-state index contributed by atoms with van der Waals surface area (Å²) >= 11 is 3.60. The highest BCUT2D eigenvalue weighted by Crippen LogP contribution is 2.32. The Morgan fingerprint density at radius 2 is 1.18 bits per heavy atom. The van der Waals surface area contributed by atoms with Crippen LogP contribution in [0.2, 0.25) is 0 Å². The molecule has 0 aliphatic rings. The average Bonchev–Trinajstić information content (AvgIpc) is 2.92. The zero-order valence-corrected chi connectivity index (χ0v) is 24.7. The Morgan fingerprint density at radius 3 is 1.79 bits per heavy atom. The SMILES string of the molecule is CCCCCCCCOc1cc(OCCCCCCCC)cc(OC(=O)c2ccc3ccccc3c2Br)c1. The van der Waals surface area contributed by atoms with Gasteiger partial charge in [0.15, 0.2) is 0 Å². The molecule has 0 atom stereocenters. The normalized spacial score (nSPS) is 11.0. The van der Waals surface area contributed by atoms with Crippen LogP contribution in [0.25, 0.3) is 10.8 Å². The van der Waals surface area contributed by atoms with Crippen molar-refractivity contribution in [2.24, 2.45) is 0 Å². The Bertz CT molecular complexity index is 1090. The summed E-state index contributed by atoms with van der Waals surface area (Å²) in [5.74, 6) is 1.34. The number of esters is 1. The van der Waals surface area contributed by atoms with E-state index in [-0.39, 0.29) is 0 Å². The molecular weight excluding hydrogens is 540 g/mol. The van der Waals surface area contributed by atoms with E-state index in [9.17, 15) is 4.79 Å². The third kappa shape index (κ3) is 9.98. The van der Waals surface area contributed by atoms with Crippen molar-refractivity contribution in [3.63, 3.8) is 0 Å². The largest absolute Gasteiger partial charge is 0.493 e. The van der Waals surface area contributed by atoms with Crippen LogP contribution in [0.5, 0.6) is 17.2 Å². The van der Waals surface area contributed by atoms with Crippen molar-refractivity contribution in [2.45, 2.75) is 90.9 Å². The van der Waals surface area contributed by atoms with Crippen molar-refractivity contribution in [1.82, 2.24) is 0 Å². The van der Waals surface area contributed by atoms with E-state index in [0.717, 1.165) is 40.9 Å². The quantitative estimate of drug-likeness (QED) is 0.0849. The molecule has 0 aliphatic heterocycles. The highest BCUT2D eigenvalue weighted by molar-refractivity contribution is 9.10. The molecule has 0 saturated heterocycles. The molecule has 0 aliphatic carbocycles. The van der Waals surface area contributed by atoms with E-state index < -0.39 is 5.97 Å². The van der Waals surface area contributed by atoms with Crippen LogP contribution in [0, 0.1) is 0 Å². The molecule has 0 bridgehead atoms. The number of halogens is 1. The number of unbranched alkanes of at least 4 members (excludes halogenated alkanes) is 10. The van der Waals surface area contributed by atoms with Gasteiger partial charge in [-0.3, -0.25) is 0 Å². The average molecular weight is 584 g/mol. The maximum absolute atomic E-state index is 13.1. The number of carbonyl (C=O) groups is 1. The summed E-state index contributed by atoms with van der Waals surface area (Å²) in [6.45, 7) is 5.73. The molecule has 206 valence electrons. The van der Waals surface area contributed by atoms with Crippen molar-refractivity contribution in [3.05, 3.63) is 64.6 Å². The highest BCUT2D eigenvalue weighted by atomic mass is 79.9. The van der Waals surface area contributed by atoms with Gasteiger partial charge in [0.2, 0.25) is 0 Å². The molecule has 0 N–H and O–H groups in total. The number of ether oxygens (including phenoxy) is 3. The number of carbonyl (C=O) groups excluding carboxylic acids is 1. The lowest BCUT2D eigenvalue weighted by molar-refractivity contribution is 0.0733. The fraction of sp³-hybridized carbons (Fsp3) is 0.485. The first-order valence-corrected chi connectivity index (χ1v) is 15.2. The maximum atomic E-state index is 13.1. The van der Waals surface area contributed by atoms with Crippen LogP contribution in [-0.2, 0) is 0 Å². The molecule has 5 heteroatoms. The van der Waals surface area contributed by atoms with Crippen molar-refractivity contribution < 1.29 is 19.0 Å². The molecule has 0 spiro atoms. The first-order chi connectivity index (χ1) is 18.6. The van der Waals surface area contributed by atoms with Crippen LogP contribution in [0.15, 0.2) is 59.1 Å². The zero-order chi connectivity index (χ0) is 27.0. The second kappa shape index (κ2) is 17.1. The zero-order valence-electron chi connectivity index (χ0n) is 23.1. The van der Waals surface area contributed by atoms with E-state index in [1.165, 1.54) is 51.4 Å². The summed E-state index contributed by atoms with van der Waals surface area (Å²) in [4.78, 5) is 13.1. The van der Waals surface area contributed by atoms with Crippen molar-refractivity contribution in [2.75, 3.05) is 13.2 Å². The van der Waals surface area contributed by atoms with Gasteiger partial charge in [-0.2, -0.15) is 0 Å². The van der Waals surface area contributed by atoms with Crippen molar-refractivity contribution in [1.29, 1.82) is 0 Å². The minimum atomic E-state index is -0.419. The van der Waals surface area contributed by atoms with Gasteiger partial charge in [0.05, 0.1) is 18.8 Å². The fourth-order valence-electron chi connectivity index (χ4n) is 4.47. The van der Waals surface area contributed by atoms with Gasteiger partial charge in [0, 0.05) is 22.7 Å². The van der Waals surface area contributed by atoms with E-state index in [1.54, 1.807) is 18.2 Å². The predicted octanol–water partition coefficient (Wildman–Crippen LogP) is 10.3. The Labute approximate surface area is 237 Å². The molecule has 38 heavy (non-hydrogen) atoms. The predicted molar refractivity (Wildman–Crippen MR) is 161 cm³/mol. The monoisotopic (exact) mass is 582 g/mol. The lowest BCUT2D eigenvalue weighted by Crippen LogP contribution is -2.10. The number of hydrogen-bond acceptors (Lipinski definition) is 4. The minimum Gasteiger partial charge on any atom is -0.493 e. The highest BCUT2D eigenvalue weighted by Gasteiger charge is 2.16. The van der Waals surface area contributed by atoms with Gasteiger partial charge in [0.25, 0.3) is 0 Å². The van der Waals surface area contributed by atoms with Crippen LogP contribution >= 0.6 is 15.9 Å². The van der Waals surface area contributed by atoms with Gasteiger partial charge >= 0.3 is 5.97 Å². The Hall–Kier alpha value is -2.53. The molecule has 3 aromatic rings. The molecule has 3 aromatic carbocycles. The lowest BCUT2D eigenvalue weighted by atomic mass is 10.1. The van der Waals surface area contributed by atoms with E-state index in [4.69, 9.17) is 14.2 Å². The van der Waals surface area contributed by atoms with E-state index in [2.05, 4.69) is 29.8 Å². The lowest BCUT2D eigenvalue weighted by Gasteiger charge is -2.13. The number of benzene rings is 3. The number of hydrogen-bond donors (Lipinski definition) is 0. The number of fused-ring (bicyclic) bond motifs is 1. The third-order valence-corrected chi connectivity index (χ3v) is 7.53. The summed E-state index contributed by atoms with van der Waals surface area (Å²) in [6, 6.07) is 17.1. The first-order valence-electron chi connectivity index (χ1n) is 14.4. The summed E-state index contributed by atoms with van der Waals surface area (Å²) in [7, 11) is 0. The maximum Gasteiger partial charge on any atom is 0.344 e. The minimum absolute atomic E-state index is 0.419. The van der Waals surface area contributed by atoms with Gasteiger partial charge in [0.1, 0.15) is 17.2 Å². The molecule has 0 amide bonds. The van der Waals surface area contributed by atoms with Crippen LogP contribution in [-0.4, -0.2) is 19.2 Å². The Balaban J connectivity index is 1.65. The molecule has 0 saturated carbocycles. The second-order valence-electron chi connectivity index (χ2n) is 9.91. The van der Waals surface area contributed by atoms with Gasteiger partial charge in [-0.05, 0) is 45.6 Å². The molecule has 0 unspecified atom stereocenters. The smallest absolute Gasteiger partial charge is 0.344 e. The third-order valence-electron chi connectivity index (χ3n) is 6.68. The second-order valence-corrected chi connectivity index (χ2v) is 10.7. The van der Waals surface area contributed by atoms with Gasteiger partial charge in [-0.15, -0.1) is 0 Å². The van der Waals surface area contributed by atoms with Crippen molar-refractivity contribution >= 4 is 32.7 Å². The standard InChI is InChI=1S/C33H43BrO4/c1-3-5-7-9-11-15-21-36-27-23-28(37-22-16-12-10-8-6-4-2)25-29(24-27)38-33(35)31-20-19-26-17-13-14-18-30(26)32(31)34/h13-14,17-20,23-25H,3-12,15-16,21-22H2,1-2H3. The van der Waals surface area contributed by atoms with E-state index >= 15 is 0 Å². The summed E-state index contributed by atoms with van der Waals surface area (Å²) in [6.07, 6.45) is 14.4. The topological polar surface area (TPSA) is 44.8 Å². The molecule has 0 fully saturated rings. The van der Waals surface area contributed by atoms with Gasteiger partial charge in [-0.25, -0.2) is 4.79 Å². The summed E-state index contributed by atoms with van der Waals surface area (Å²) < 4.78 is 18.7. The van der Waals surface area contributed by atoms with Crippen LogP contribution in [0.4, 0.5) is 0 Å². The van der Waals surface area contributed by atoms with Crippen LogP contribution < -0.4 is 14.2 Å².